The Morgan fingerprint density at radius 3 is 2.67 bits per heavy atom. The van der Waals surface area contributed by atoms with Crippen molar-refractivity contribution in [2.75, 3.05) is 32.1 Å². The minimum atomic E-state index is -1.03. The Labute approximate surface area is 122 Å². The van der Waals surface area contributed by atoms with Gasteiger partial charge in [-0.2, -0.15) is 0 Å². The van der Waals surface area contributed by atoms with Gasteiger partial charge in [0, 0.05) is 26.3 Å². The zero-order valence-electron chi connectivity index (χ0n) is 11.9. The van der Waals surface area contributed by atoms with Crippen molar-refractivity contribution in [1.82, 2.24) is 10.2 Å². The molecule has 2 rings (SSSR count). The fraction of sp³-hybridized carbons (Fsp3) is 0.357. The molecular formula is C14H17N3O4. The van der Waals surface area contributed by atoms with Gasteiger partial charge in [0.15, 0.2) is 0 Å². The van der Waals surface area contributed by atoms with E-state index in [1.54, 1.807) is 20.2 Å². The van der Waals surface area contributed by atoms with E-state index in [0.717, 1.165) is 5.56 Å². The minimum Gasteiger partial charge on any atom is -0.478 e. The molecule has 0 saturated heterocycles. The summed E-state index contributed by atoms with van der Waals surface area (Å²) in [4.78, 5) is 37.4. The predicted molar refractivity (Wildman–Crippen MR) is 76.5 cm³/mol. The lowest BCUT2D eigenvalue weighted by atomic mass is 10.1. The normalized spacial score (nSPS) is 12.8. The fourth-order valence-electron chi connectivity index (χ4n) is 2.13. The second-order valence-electron chi connectivity index (χ2n) is 5.00. The van der Waals surface area contributed by atoms with E-state index in [-0.39, 0.29) is 18.0 Å². The molecule has 7 nitrogen and oxygen atoms in total. The van der Waals surface area contributed by atoms with Crippen LogP contribution in [0.25, 0.3) is 0 Å². The highest BCUT2D eigenvalue weighted by molar-refractivity contribution is 5.98. The number of rotatable bonds is 3. The molecule has 0 aliphatic carbocycles. The summed E-state index contributed by atoms with van der Waals surface area (Å²) in [6.45, 7) is 0.386. The lowest BCUT2D eigenvalue weighted by Gasteiger charge is -2.19. The first-order valence-corrected chi connectivity index (χ1v) is 6.52. The third-order valence-electron chi connectivity index (χ3n) is 3.36. The summed E-state index contributed by atoms with van der Waals surface area (Å²) in [5.74, 6) is -1.24. The largest absolute Gasteiger partial charge is 0.478 e. The highest BCUT2D eigenvalue weighted by Gasteiger charge is 2.26. The molecule has 1 heterocycles. The van der Waals surface area contributed by atoms with E-state index in [2.05, 4.69) is 5.32 Å². The molecule has 7 heteroatoms. The number of hydrogen-bond donors (Lipinski definition) is 2. The van der Waals surface area contributed by atoms with Crippen LogP contribution in [0, 0.1) is 0 Å². The van der Waals surface area contributed by atoms with Crippen LogP contribution < -0.4 is 10.2 Å². The molecule has 3 amide bonds. The van der Waals surface area contributed by atoms with Crippen molar-refractivity contribution >= 4 is 23.6 Å². The number of carbonyl (C=O) groups excluding carboxylic acids is 2. The molecule has 0 saturated carbocycles. The molecular weight excluding hydrogens is 274 g/mol. The van der Waals surface area contributed by atoms with Gasteiger partial charge in [-0.05, 0) is 24.1 Å². The second-order valence-corrected chi connectivity index (χ2v) is 5.00. The molecule has 0 unspecified atom stereocenters. The van der Waals surface area contributed by atoms with Crippen LogP contribution in [0.1, 0.15) is 15.9 Å². The SMILES string of the molecule is CN(C)C(=O)CNC(=O)N1CCc2ccc(C(=O)O)cc21. The number of urea groups is 1. The van der Waals surface area contributed by atoms with Crippen molar-refractivity contribution in [3.05, 3.63) is 29.3 Å². The summed E-state index contributed by atoms with van der Waals surface area (Å²) in [5, 5.41) is 11.6. The summed E-state index contributed by atoms with van der Waals surface area (Å²) >= 11 is 0. The number of fused-ring (bicyclic) bond motifs is 1. The highest BCUT2D eigenvalue weighted by atomic mass is 16.4. The van der Waals surface area contributed by atoms with E-state index in [4.69, 9.17) is 5.11 Å². The molecule has 1 aromatic rings. The van der Waals surface area contributed by atoms with Crippen LogP contribution in [0.2, 0.25) is 0 Å². The number of benzene rings is 1. The number of nitrogens with one attached hydrogen (secondary N) is 1. The average Bonchev–Trinajstić information content (AvgIpc) is 2.86. The maximum atomic E-state index is 12.1. The Bertz CT molecular complexity index is 598. The Kier molecular flexibility index (Phi) is 4.11. The zero-order valence-corrected chi connectivity index (χ0v) is 11.9. The number of nitrogens with zero attached hydrogens (tertiary/aromatic N) is 2. The summed E-state index contributed by atoms with van der Waals surface area (Å²) in [5.41, 5.74) is 1.65. The van der Waals surface area contributed by atoms with Crippen molar-refractivity contribution in [1.29, 1.82) is 0 Å². The van der Waals surface area contributed by atoms with E-state index >= 15 is 0 Å². The lowest BCUT2D eigenvalue weighted by molar-refractivity contribution is -0.127. The Balaban J connectivity index is 2.10. The number of likely N-dealkylation sites (N-methyl/N-ethyl adjacent to an activating group) is 1. The van der Waals surface area contributed by atoms with Gasteiger partial charge in [-0.1, -0.05) is 6.07 Å². The Hall–Kier alpha value is -2.57. The third-order valence-corrected chi connectivity index (χ3v) is 3.36. The quantitative estimate of drug-likeness (QED) is 0.850. The molecule has 1 aliphatic rings. The van der Waals surface area contributed by atoms with Gasteiger partial charge in [0.1, 0.15) is 0 Å². The van der Waals surface area contributed by atoms with Gasteiger partial charge in [-0.3, -0.25) is 9.69 Å². The number of aromatic carboxylic acids is 1. The molecule has 0 atom stereocenters. The molecule has 21 heavy (non-hydrogen) atoms. The number of hydrogen-bond acceptors (Lipinski definition) is 3. The zero-order chi connectivity index (χ0) is 15.6. The van der Waals surface area contributed by atoms with Crippen LogP contribution in [-0.2, 0) is 11.2 Å². The minimum absolute atomic E-state index is 0.0870. The molecule has 0 radical (unpaired) electrons. The summed E-state index contributed by atoms with van der Waals surface area (Å²) in [7, 11) is 3.22. The van der Waals surface area contributed by atoms with Crippen molar-refractivity contribution in [3.8, 4) is 0 Å². The van der Waals surface area contributed by atoms with E-state index in [0.29, 0.717) is 18.7 Å². The van der Waals surface area contributed by atoms with Crippen LogP contribution in [0.4, 0.5) is 10.5 Å². The van der Waals surface area contributed by atoms with E-state index < -0.39 is 12.0 Å². The second kappa shape index (κ2) is 5.82. The van der Waals surface area contributed by atoms with Gasteiger partial charge in [0.05, 0.1) is 12.1 Å². The summed E-state index contributed by atoms with van der Waals surface area (Å²) in [6.07, 6.45) is 0.671. The Morgan fingerprint density at radius 2 is 2.05 bits per heavy atom. The van der Waals surface area contributed by atoms with Crippen molar-refractivity contribution < 1.29 is 19.5 Å². The maximum Gasteiger partial charge on any atom is 0.335 e. The third kappa shape index (κ3) is 3.13. The fourth-order valence-corrected chi connectivity index (χ4v) is 2.13. The smallest absolute Gasteiger partial charge is 0.335 e. The van der Waals surface area contributed by atoms with Crippen molar-refractivity contribution in [3.63, 3.8) is 0 Å². The first kappa shape index (κ1) is 14.8. The summed E-state index contributed by atoms with van der Waals surface area (Å²) < 4.78 is 0. The van der Waals surface area contributed by atoms with E-state index in [1.165, 1.54) is 21.9 Å². The molecule has 0 spiro atoms. The number of carboxylic acids is 1. The van der Waals surface area contributed by atoms with Gasteiger partial charge in [-0.15, -0.1) is 0 Å². The number of carboxylic acid groups (broad SMARTS) is 1. The highest BCUT2D eigenvalue weighted by Crippen LogP contribution is 2.29. The van der Waals surface area contributed by atoms with Gasteiger partial charge >= 0.3 is 12.0 Å². The average molecular weight is 291 g/mol. The monoisotopic (exact) mass is 291 g/mol. The van der Waals surface area contributed by atoms with Crippen LogP contribution in [0.5, 0.6) is 0 Å². The van der Waals surface area contributed by atoms with Gasteiger partial charge < -0.3 is 15.3 Å². The first-order valence-electron chi connectivity index (χ1n) is 6.52. The number of carbonyl (C=O) groups is 3. The maximum absolute atomic E-state index is 12.1. The molecule has 0 bridgehead atoms. The van der Waals surface area contributed by atoms with Crippen LogP contribution in [0.3, 0.4) is 0 Å². The standard InChI is InChI=1S/C14H17N3O4/c1-16(2)12(18)8-15-14(21)17-6-5-9-3-4-10(13(19)20)7-11(9)17/h3-4,7H,5-6,8H2,1-2H3,(H,15,21)(H,19,20). The van der Waals surface area contributed by atoms with Crippen LogP contribution in [0.15, 0.2) is 18.2 Å². The van der Waals surface area contributed by atoms with Gasteiger partial charge in [0.2, 0.25) is 5.91 Å². The first-order chi connectivity index (χ1) is 9.90. The van der Waals surface area contributed by atoms with Gasteiger partial charge in [0.25, 0.3) is 0 Å². The molecule has 0 fully saturated rings. The summed E-state index contributed by atoms with van der Waals surface area (Å²) in [6, 6.07) is 4.33. The van der Waals surface area contributed by atoms with E-state index in [1.807, 2.05) is 0 Å². The number of amides is 3. The van der Waals surface area contributed by atoms with Crippen LogP contribution >= 0.6 is 0 Å². The topological polar surface area (TPSA) is 90.0 Å². The molecule has 2 N–H and O–H groups in total. The van der Waals surface area contributed by atoms with Crippen LogP contribution in [-0.4, -0.2) is 55.1 Å². The van der Waals surface area contributed by atoms with Crippen molar-refractivity contribution in [2.24, 2.45) is 0 Å². The molecule has 1 aliphatic heterocycles. The van der Waals surface area contributed by atoms with Crippen molar-refractivity contribution in [2.45, 2.75) is 6.42 Å². The molecule has 112 valence electrons. The number of anilines is 1. The predicted octanol–water partition coefficient (Wildman–Crippen LogP) is 0.545. The Morgan fingerprint density at radius 1 is 1.33 bits per heavy atom. The van der Waals surface area contributed by atoms with Gasteiger partial charge in [-0.25, -0.2) is 9.59 Å². The van der Waals surface area contributed by atoms with E-state index in [9.17, 15) is 14.4 Å². The lowest BCUT2D eigenvalue weighted by Crippen LogP contribution is -2.43. The molecule has 1 aromatic carbocycles. The molecule has 0 aromatic heterocycles.